The maximum atomic E-state index is 11.4. The molecule has 1 atom stereocenters. The zero-order valence-corrected chi connectivity index (χ0v) is 26.0. The van der Waals surface area contributed by atoms with Crippen molar-refractivity contribution in [2.45, 2.75) is 71.6 Å². The molecule has 0 amide bonds. The van der Waals surface area contributed by atoms with E-state index in [1.54, 1.807) is 33.5 Å². The highest BCUT2D eigenvalue weighted by Crippen LogP contribution is 2.50. The second kappa shape index (κ2) is 11.9. The molecule has 1 aromatic rings. The molecule has 0 bridgehead atoms. The van der Waals surface area contributed by atoms with Gasteiger partial charge in [-0.1, -0.05) is 13.8 Å². The second-order valence-electron chi connectivity index (χ2n) is 10.9. The third-order valence-corrected chi connectivity index (χ3v) is 14.9. The molecule has 34 heavy (non-hydrogen) atoms. The number of hydrogen-bond donors (Lipinski definition) is 1. The molecule has 0 saturated carbocycles. The number of carboxylic acid groups (broad SMARTS) is 1. The average molecular weight is 529 g/mol. The van der Waals surface area contributed by atoms with Gasteiger partial charge in [0.1, 0.15) is 0 Å². The lowest BCUT2D eigenvalue weighted by atomic mass is 9.95. The minimum absolute atomic E-state index is 0.130. The average Bonchev–Trinajstić information content (AvgIpc) is 2.65. The van der Waals surface area contributed by atoms with E-state index in [-0.39, 0.29) is 5.54 Å². The minimum Gasteiger partial charge on any atom is -0.493 e. The van der Waals surface area contributed by atoms with Crippen LogP contribution in [0, 0.1) is 5.92 Å². The number of carbonyl (C=O) groups is 1. The van der Waals surface area contributed by atoms with Crippen molar-refractivity contribution in [3.05, 3.63) is 23.3 Å². The summed E-state index contributed by atoms with van der Waals surface area (Å²) in [6, 6.07) is 1.81. The van der Waals surface area contributed by atoms with Crippen LogP contribution in [0.25, 0.3) is 6.08 Å². The number of carboxylic acids is 1. The lowest BCUT2D eigenvalue weighted by Crippen LogP contribution is -2.57. The molecule has 0 fully saturated rings. The smallest absolute Gasteiger partial charge is 0.328 e. The van der Waals surface area contributed by atoms with Crippen LogP contribution >= 0.6 is 0 Å². The molecule has 1 rings (SSSR count). The Balaban J connectivity index is 4.12. The zero-order valence-electron chi connectivity index (χ0n) is 23.0. The van der Waals surface area contributed by atoms with E-state index in [4.69, 9.17) is 22.4 Å². The number of hydrogen-bond acceptors (Lipinski definition) is 6. The van der Waals surface area contributed by atoms with Gasteiger partial charge in [0.2, 0.25) is 5.75 Å². The summed E-state index contributed by atoms with van der Waals surface area (Å²) in [5, 5.41) is 9.37. The fourth-order valence-electron chi connectivity index (χ4n) is 4.30. The third-order valence-electron chi connectivity index (χ3n) is 5.01. The summed E-state index contributed by atoms with van der Waals surface area (Å²) in [4.78, 5) is 11.4. The fourth-order valence-corrected chi connectivity index (χ4v) is 17.4. The van der Waals surface area contributed by atoms with Crippen LogP contribution in [-0.2, 0) is 13.0 Å². The summed E-state index contributed by atoms with van der Waals surface area (Å²) in [6.45, 7) is 19.5. The molecule has 0 heterocycles. The first-order valence-corrected chi connectivity index (χ1v) is 20.8. The van der Waals surface area contributed by atoms with Gasteiger partial charge in [0, 0.05) is 17.2 Å². The van der Waals surface area contributed by atoms with E-state index in [0.29, 0.717) is 28.7 Å². The second-order valence-corrected chi connectivity index (χ2v) is 23.8. The van der Waals surface area contributed by atoms with Crippen molar-refractivity contribution in [2.24, 2.45) is 5.92 Å². The maximum Gasteiger partial charge on any atom is 0.328 e. The van der Waals surface area contributed by atoms with E-state index >= 15 is 0 Å². The lowest BCUT2D eigenvalue weighted by molar-refractivity contribution is -0.131. The van der Waals surface area contributed by atoms with Gasteiger partial charge in [-0.25, -0.2) is 4.79 Å². The van der Waals surface area contributed by atoms with E-state index in [9.17, 15) is 9.90 Å². The first-order valence-electron chi connectivity index (χ1n) is 11.6. The third kappa shape index (κ3) is 8.56. The standard InChI is InChI=1S/C24H44O7Si3/c1-17(2)15-20(34(12,30-32(6,7)8)31-33(9,10)11)22-18(13-14-21(25)26)16-19(27-3)23(28-4)24(22)29-5/h13-14,16-17,20H,15H2,1-12H3,(H,25,26)/b14-13+. The predicted octanol–water partition coefficient (Wildman–Crippen LogP) is 6.25. The summed E-state index contributed by atoms with van der Waals surface area (Å²) in [6.07, 6.45) is 3.51. The molecule has 7 nitrogen and oxygen atoms in total. The molecule has 0 aliphatic rings. The van der Waals surface area contributed by atoms with Gasteiger partial charge in [-0.3, -0.25) is 0 Å². The van der Waals surface area contributed by atoms with E-state index in [1.807, 2.05) is 0 Å². The van der Waals surface area contributed by atoms with Crippen LogP contribution in [0.4, 0.5) is 0 Å². The molecular weight excluding hydrogens is 485 g/mol. The highest BCUT2D eigenvalue weighted by Gasteiger charge is 2.49. The van der Waals surface area contributed by atoms with Crippen molar-refractivity contribution in [1.82, 2.24) is 0 Å². The van der Waals surface area contributed by atoms with E-state index in [0.717, 1.165) is 18.1 Å². The number of aliphatic carboxylic acids is 1. The first-order chi connectivity index (χ1) is 15.5. The Morgan fingerprint density at radius 2 is 1.41 bits per heavy atom. The lowest BCUT2D eigenvalue weighted by Gasteiger charge is -2.44. The van der Waals surface area contributed by atoms with Gasteiger partial charge in [-0.2, -0.15) is 0 Å². The van der Waals surface area contributed by atoms with E-state index in [2.05, 4.69) is 59.7 Å². The van der Waals surface area contributed by atoms with Crippen LogP contribution in [0.3, 0.4) is 0 Å². The number of methoxy groups -OCH3 is 3. The zero-order chi connectivity index (χ0) is 26.5. The minimum atomic E-state index is -2.89. The van der Waals surface area contributed by atoms with Crippen LogP contribution in [0.2, 0.25) is 45.8 Å². The van der Waals surface area contributed by atoms with E-state index < -0.39 is 31.2 Å². The Kier molecular flexibility index (Phi) is 10.6. The van der Waals surface area contributed by atoms with Crippen LogP contribution in [0.5, 0.6) is 17.2 Å². The van der Waals surface area contributed by atoms with Crippen LogP contribution in [0.15, 0.2) is 12.1 Å². The Morgan fingerprint density at radius 3 is 1.76 bits per heavy atom. The molecule has 194 valence electrons. The predicted molar refractivity (Wildman–Crippen MR) is 145 cm³/mol. The van der Waals surface area contributed by atoms with Gasteiger partial charge in [0.05, 0.1) is 21.3 Å². The fraction of sp³-hybridized carbons (Fsp3) is 0.625. The Bertz CT molecular complexity index is 855. The number of rotatable bonds is 13. The molecule has 0 saturated heterocycles. The van der Waals surface area contributed by atoms with Gasteiger partial charge in [-0.15, -0.1) is 0 Å². The molecule has 0 aliphatic heterocycles. The Labute approximate surface area is 208 Å². The molecule has 10 heteroatoms. The highest BCUT2D eigenvalue weighted by atomic mass is 28.5. The van der Waals surface area contributed by atoms with Gasteiger partial charge in [0.15, 0.2) is 28.1 Å². The van der Waals surface area contributed by atoms with E-state index in [1.165, 1.54) is 0 Å². The molecule has 0 aromatic heterocycles. The monoisotopic (exact) mass is 528 g/mol. The molecule has 1 N–H and O–H groups in total. The molecule has 0 radical (unpaired) electrons. The highest BCUT2D eigenvalue weighted by molar-refractivity contribution is 6.88. The van der Waals surface area contributed by atoms with Crippen molar-refractivity contribution in [3.8, 4) is 17.2 Å². The summed E-state index contributed by atoms with van der Waals surface area (Å²) < 4.78 is 31.1. The van der Waals surface area contributed by atoms with Gasteiger partial charge >= 0.3 is 14.5 Å². The molecule has 0 aliphatic carbocycles. The van der Waals surface area contributed by atoms with Crippen molar-refractivity contribution < 1.29 is 32.3 Å². The van der Waals surface area contributed by atoms with Crippen molar-refractivity contribution in [3.63, 3.8) is 0 Å². The summed E-state index contributed by atoms with van der Waals surface area (Å²) in [5.74, 6) is 0.767. The van der Waals surface area contributed by atoms with Gasteiger partial charge in [0.25, 0.3) is 0 Å². The van der Waals surface area contributed by atoms with Gasteiger partial charge < -0.3 is 27.5 Å². The topological polar surface area (TPSA) is 83.5 Å². The van der Waals surface area contributed by atoms with Crippen molar-refractivity contribution in [1.29, 1.82) is 0 Å². The number of ether oxygens (including phenoxy) is 3. The Hall–Kier alpha value is -1.60. The first kappa shape index (κ1) is 30.4. The largest absolute Gasteiger partial charge is 0.493 e. The molecule has 0 spiro atoms. The molecule has 1 aromatic carbocycles. The van der Waals surface area contributed by atoms with Crippen LogP contribution in [-0.4, -0.2) is 57.6 Å². The summed E-state index contributed by atoms with van der Waals surface area (Å²) in [7, 11) is -2.19. The Morgan fingerprint density at radius 1 is 0.912 bits per heavy atom. The quantitative estimate of drug-likeness (QED) is 0.239. The normalized spacial score (nSPS) is 13.9. The van der Waals surface area contributed by atoms with Crippen LogP contribution in [0.1, 0.15) is 36.9 Å². The SMILES string of the molecule is COc1cc(/C=C/C(=O)O)c(C(CC(C)C)[Si](C)(O[Si](C)(C)C)O[Si](C)(C)C)c(OC)c1OC. The molecule has 1 unspecified atom stereocenters. The maximum absolute atomic E-state index is 11.4. The van der Waals surface area contributed by atoms with Gasteiger partial charge in [-0.05, 0) is 75.9 Å². The van der Waals surface area contributed by atoms with Crippen molar-refractivity contribution >= 4 is 37.2 Å². The number of benzene rings is 1. The summed E-state index contributed by atoms with van der Waals surface area (Å²) >= 11 is 0. The van der Waals surface area contributed by atoms with Crippen molar-refractivity contribution in [2.75, 3.05) is 21.3 Å². The summed E-state index contributed by atoms with van der Waals surface area (Å²) in [5.41, 5.74) is 1.41. The molecular formula is C24H44O7Si3. The van der Waals surface area contributed by atoms with Crippen LogP contribution < -0.4 is 14.2 Å².